The van der Waals surface area contributed by atoms with Crippen molar-refractivity contribution in [1.82, 2.24) is 16.0 Å². The van der Waals surface area contributed by atoms with Crippen LogP contribution in [0.2, 0.25) is 0 Å². The molecular weight excluding hydrogens is 532 g/mol. The molecule has 0 radical (unpaired) electrons. The van der Waals surface area contributed by atoms with Gasteiger partial charge < -0.3 is 31.9 Å². The van der Waals surface area contributed by atoms with Gasteiger partial charge >= 0.3 is 5.97 Å². The summed E-state index contributed by atoms with van der Waals surface area (Å²) in [6.45, 7) is 3.72. The van der Waals surface area contributed by atoms with Gasteiger partial charge in [-0.25, -0.2) is 4.79 Å². The van der Waals surface area contributed by atoms with Crippen LogP contribution < -0.4 is 21.7 Å². The van der Waals surface area contributed by atoms with Gasteiger partial charge in [0.1, 0.15) is 23.9 Å². The van der Waals surface area contributed by atoms with Crippen molar-refractivity contribution in [3.8, 4) is 5.75 Å². The second kappa shape index (κ2) is 16.5. The molecule has 0 saturated heterocycles. The van der Waals surface area contributed by atoms with Gasteiger partial charge in [-0.05, 0) is 60.4 Å². The lowest BCUT2D eigenvalue weighted by molar-refractivity contribution is -0.142. The van der Waals surface area contributed by atoms with Crippen molar-refractivity contribution in [2.24, 2.45) is 11.7 Å². The third-order valence-electron chi connectivity index (χ3n) is 6.21. The van der Waals surface area contributed by atoms with Crippen molar-refractivity contribution >= 4 is 35.5 Å². The summed E-state index contributed by atoms with van der Waals surface area (Å²) in [6, 6.07) is 11.3. The van der Waals surface area contributed by atoms with Gasteiger partial charge in [0.2, 0.25) is 17.7 Å². The average molecular weight is 573 g/mol. The fourth-order valence-corrected chi connectivity index (χ4v) is 4.53. The van der Waals surface area contributed by atoms with Crippen molar-refractivity contribution in [3.05, 3.63) is 65.7 Å². The highest BCUT2D eigenvalue weighted by molar-refractivity contribution is 7.98. The lowest BCUT2D eigenvalue weighted by atomic mass is 10.0. The zero-order valence-electron chi connectivity index (χ0n) is 23.1. The molecule has 4 atom stereocenters. The summed E-state index contributed by atoms with van der Waals surface area (Å²) >= 11 is 1.50. The Morgan fingerprint density at radius 1 is 0.800 bits per heavy atom. The van der Waals surface area contributed by atoms with Crippen LogP contribution in [0.4, 0.5) is 0 Å². The van der Waals surface area contributed by atoms with E-state index in [1.165, 1.54) is 23.9 Å². The number of hydrogen-bond acceptors (Lipinski definition) is 7. The topological polar surface area (TPSA) is 171 Å². The number of rotatable bonds is 16. The van der Waals surface area contributed by atoms with Crippen molar-refractivity contribution < 1.29 is 29.4 Å². The molecule has 0 bridgehead atoms. The van der Waals surface area contributed by atoms with Crippen LogP contribution in [0.25, 0.3) is 0 Å². The zero-order chi connectivity index (χ0) is 29.7. The van der Waals surface area contributed by atoms with Crippen LogP contribution in [-0.2, 0) is 32.0 Å². The highest BCUT2D eigenvalue weighted by atomic mass is 32.2. The number of phenols is 1. The van der Waals surface area contributed by atoms with E-state index in [1.807, 2.05) is 50.4 Å². The lowest BCUT2D eigenvalue weighted by Gasteiger charge is -2.25. The fraction of sp³-hybridized carbons (Fsp3) is 0.448. The Kier molecular flexibility index (Phi) is 13.5. The number of carboxylic acids is 1. The van der Waals surface area contributed by atoms with E-state index in [1.54, 1.807) is 12.1 Å². The van der Waals surface area contributed by atoms with Crippen LogP contribution in [0.1, 0.15) is 37.8 Å². The number of carboxylic acid groups (broad SMARTS) is 1. The van der Waals surface area contributed by atoms with Crippen LogP contribution in [0.5, 0.6) is 5.75 Å². The van der Waals surface area contributed by atoms with Crippen LogP contribution in [0.3, 0.4) is 0 Å². The zero-order valence-corrected chi connectivity index (χ0v) is 23.9. The molecule has 11 heteroatoms. The first-order chi connectivity index (χ1) is 19.0. The van der Waals surface area contributed by atoms with E-state index in [2.05, 4.69) is 16.0 Å². The Morgan fingerprint density at radius 3 is 1.93 bits per heavy atom. The maximum Gasteiger partial charge on any atom is 0.326 e. The molecule has 4 unspecified atom stereocenters. The number of hydrogen-bond donors (Lipinski definition) is 6. The molecule has 2 aromatic carbocycles. The monoisotopic (exact) mass is 572 g/mol. The summed E-state index contributed by atoms with van der Waals surface area (Å²) in [5, 5.41) is 27.1. The molecule has 0 aromatic heterocycles. The fourth-order valence-electron chi connectivity index (χ4n) is 4.06. The molecule has 0 aliphatic carbocycles. The minimum absolute atomic E-state index is 0.0282. The molecule has 0 aliphatic heterocycles. The summed E-state index contributed by atoms with van der Waals surface area (Å²) in [6.07, 6.45) is 2.75. The Balaban J connectivity index is 2.18. The molecule has 0 fully saturated rings. The molecule has 10 nitrogen and oxygen atoms in total. The summed E-state index contributed by atoms with van der Waals surface area (Å²) in [4.78, 5) is 51.3. The molecule has 2 rings (SSSR count). The summed E-state index contributed by atoms with van der Waals surface area (Å²) in [7, 11) is 0. The minimum Gasteiger partial charge on any atom is -0.508 e. The van der Waals surface area contributed by atoms with Crippen LogP contribution in [0.15, 0.2) is 54.6 Å². The predicted octanol–water partition coefficient (Wildman–Crippen LogP) is 1.84. The van der Waals surface area contributed by atoms with Gasteiger partial charge in [0.25, 0.3) is 0 Å². The second-order valence-electron chi connectivity index (χ2n) is 10.1. The molecule has 218 valence electrons. The molecular formula is C29H40N4O6S. The highest BCUT2D eigenvalue weighted by Crippen LogP contribution is 2.12. The molecule has 0 spiro atoms. The SMILES string of the molecule is CSCCC(NC(=O)C(N)Cc1ccc(O)cc1)C(=O)NC(Cc1ccccc1)C(=O)NC(CC(C)C)C(=O)O. The largest absolute Gasteiger partial charge is 0.508 e. The van der Waals surface area contributed by atoms with Gasteiger partial charge in [-0.15, -0.1) is 0 Å². The van der Waals surface area contributed by atoms with Gasteiger partial charge in [-0.3, -0.25) is 14.4 Å². The Bertz CT molecular complexity index is 1110. The standard InChI is InChI=1S/C29H40N4O6S/c1-18(2)15-25(29(38)39)33-28(37)24(17-19-7-5-4-6-8-19)32-27(36)23(13-14-40-3)31-26(35)22(30)16-20-9-11-21(34)12-10-20/h4-12,18,22-25,34H,13-17,30H2,1-3H3,(H,31,35)(H,32,36)(H,33,37)(H,38,39). The first-order valence-corrected chi connectivity index (χ1v) is 14.6. The number of amides is 3. The molecule has 0 saturated carbocycles. The van der Waals surface area contributed by atoms with Crippen LogP contribution in [0, 0.1) is 5.92 Å². The Hall–Kier alpha value is -3.57. The molecule has 0 aliphatic rings. The van der Waals surface area contributed by atoms with E-state index in [0.717, 1.165) is 11.1 Å². The normalized spacial score (nSPS) is 14.0. The van der Waals surface area contributed by atoms with Crippen molar-refractivity contribution in [1.29, 1.82) is 0 Å². The third-order valence-corrected chi connectivity index (χ3v) is 6.85. The maximum absolute atomic E-state index is 13.4. The smallest absolute Gasteiger partial charge is 0.326 e. The van der Waals surface area contributed by atoms with Crippen molar-refractivity contribution in [2.75, 3.05) is 12.0 Å². The number of phenolic OH excluding ortho intramolecular Hbond substituents is 1. The average Bonchev–Trinajstić information content (AvgIpc) is 2.91. The van der Waals surface area contributed by atoms with E-state index in [-0.39, 0.29) is 30.9 Å². The number of aromatic hydroxyl groups is 1. The van der Waals surface area contributed by atoms with Gasteiger partial charge in [-0.2, -0.15) is 11.8 Å². The molecule has 2 aromatic rings. The summed E-state index contributed by atoms with van der Waals surface area (Å²) in [5.41, 5.74) is 7.63. The number of nitrogens with one attached hydrogen (secondary N) is 3. The van der Waals surface area contributed by atoms with E-state index in [4.69, 9.17) is 5.73 Å². The van der Waals surface area contributed by atoms with Gasteiger partial charge in [0.05, 0.1) is 6.04 Å². The second-order valence-corrected chi connectivity index (χ2v) is 11.1. The molecule has 0 heterocycles. The van der Waals surface area contributed by atoms with Gasteiger partial charge in [0.15, 0.2) is 0 Å². The van der Waals surface area contributed by atoms with E-state index >= 15 is 0 Å². The van der Waals surface area contributed by atoms with Gasteiger partial charge in [0, 0.05) is 6.42 Å². The predicted molar refractivity (Wildman–Crippen MR) is 156 cm³/mol. The van der Waals surface area contributed by atoms with Crippen LogP contribution in [-0.4, -0.2) is 70.1 Å². The van der Waals surface area contributed by atoms with Crippen molar-refractivity contribution in [3.63, 3.8) is 0 Å². The van der Waals surface area contributed by atoms with E-state index in [0.29, 0.717) is 12.2 Å². The quantitative estimate of drug-likeness (QED) is 0.177. The molecule has 7 N–H and O–H groups in total. The van der Waals surface area contributed by atoms with Crippen LogP contribution >= 0.6 is 11.8 Å². The number of aliphatic carboxylic acids is 1. The van der Waals surface area contributed by atoms with E-state index in [9.17, 15) is 29.4 Å². The summed E-state index contributed by atoms with van der Waals surface area (Å²) < 4.78 is 0. The Labute approximate surface area is 239 Å². The van der Waals surface area contributed by atoms with Gasteiger partial charge in [-0.1, -0.05) is 56.3 Å². The lowest BCUT2D eigenvalue weighted by Crippen LogP contribution is -2.58. The molecule has 3 amide bonds. The van der Waals surface area contributed by atoms with Crippen molar-refractivity contribution in [2.45, 2.75) is 63.7 Å². The minimum atomic E-state index is -1.15. The number of thioether (sulfide) groups is 1. The Morgan fingerprint density at radius 2 is 1.35 bits per heavy atom. The number of carbonyl (C=O) groups is 4. The first kappa shape index (κ1) is 32.6. The first-order valence-electron chi connectivity index (χ1n) is 13.2. The number of benzene rings is 2. The summed E-state index contributed by atoms with van der Waals surface area (Å²) in [5.74, 6) is -2.17. The highest BCUT2D eigenvalue weighted by Gasteiger charge is 2.30. The maximum atomic E-state index is 13.4. The molecule has 40 heavy (non-hydrogen) atoms. The van der Waals surface area contributed by atoms with E-state index < -0.39 is 47.9 Å². The number of carbonyl (C=O) groups excluding carboxylic acids is 3. The number of nitrogens with two attached hydrogens (primary N) is 1. The third kappa shape index (κ3) is 11.3.